The van der Waals surface area contributed by atoms with Crippen molar-refractivity contribution >= 4 is 45.6 Å². The summed E-state index contributed by atoms with van der Waals surface area (Å²) >= 11 is 7.84. The number of H-pyrrole nitrogens is 1. The van der Waals surface area contributed by atoms with Crippen molar-refractivity contribution < 1.29 is 4.79 Å². The number of imidazole rings is 1. The van der Waals surface area contributed by atoms with Gasteiger partial charge in [-0.2, -0.15) is 0 Å². The first-order chi connectivity index (χ1) is 13.1. The van der Waals surface area contributed by atoms with Crippen LogP contribution < -0.4 is 5.32 Å². The summed E-state index contributed by atoms with van der Waals surface area (Å²) in [5, 5.41) is 6.54. The van der Waals surface area contributed by atoms with Gasteiger partial charge in [-0.05, 0) is 36.8 Å². The quantitative estimate of drug-likeness (QED) is 0.494. The highest BCUT2D eigenvalue weighted by Crippen LogP contribution is 2.28. The van der Waals surface area contributed by atoms with Crippen LogP contribution in [0.1, 0.15) is 17.6 Å². The monoisotopic (exact) mass is 396 g/mol. The van der Waals surface area contributed by atoms with E-state index in [1.165, 1.54) is 0 Å². The number of carbonyl (C=O) groups excluding carboxylic acids is 1. The van der Waals surface area contributed by atoms with Gasteiger partial charge in [0, 0.05) is 16.6 Å². The summed E-state index contributed by atoms with van der Waals surface area (Å²) in [6, 6.07) is 13.1. The maximum absolute atomic E-state index is 12.3. The highest BCUT2D eigenvalue weighted by atomic mass is 35.5. The molecule has 0 saturated carbocycles. The number of nitrogens with zero attached hydrogens (tertiary/aromatic N) is 2. The van der Waals surface area contributed by atoms with Gasteiger partial charge in [0.25, 0.3) is 0 Å². The van der Waals surface area contributed by atoms with E-state index in [9.17, 15) is 4.79 Å². The molecule has 0 spiro atoms. The molecule has 7 heteroatoms. The van der Waals surface area contributed by atoms with Crippen LogP contribution in [0.4, 0.5) is 5.69 Å². The standard InChI is InChI=1S/C20H17ClN4OS/c1-2-19-23-13(11-27-19)10-18(26)22-12-7-8-16-17(9-12)25-20(24-16)14-5-3-4-6-15(14)21/h3-9,11H,2,10H2,1H3,(H,22,26)(H,24,25). The lowest BCUT2D eigenvalue weighted by molar-refractivity contribution is -0.115. The fourth-order valence-corrected chi connectivity index (χ4v) is 3.80. The van der Waals surface area contributed by atoms with E-state index >= 15 is 0 Å². The Kier molecular flexibility index (Phi) is 4.92. The first kappa shape index (κ1) is 17.7. The van der Waals surface area contributed by atoms with E-state index in [2.05, 4.69) is 27.2 Å². The van der Waals surface area contributed by atoms with Crippen molar-refractivity contribution in [3.05, 3.63) is 63.6 Å². The van der Waals surface area contributed by atoms with E-state index in [4.69, 9.17) is 11.6 Å². The summed E-state index contributed by atoms with van der Waals surface area (Å²) in [6.07, 6.45) is 1.15. The van der Waals surface area contributed by atoms with Crippen LogP contribution in [0, 0.1) is 0 Å². The number of aromatic amines is 1. The Morgan fingerprint density at radius 3 is 2.85 bits per heavy atom. The summed E-state index contributed by atoms with van der Waals surface area (Å²) in [7, 11) is 0. The number of halogens is 1. The topological polar surface area (TPSA) is 70.7 Å². The number of aromatic nitrogens is 3. The van der Waals surface area contributed by atoms with Crippen LogP contribution in [0.2, 0.25) is 5.02 Å². The molecule has 2 heterocycles. The number of carbonyl (C=O) groups is 1. The van der Waals surface area contributed by atoms with Crippen LogP contribution in [0.15, 0.2) is 47.8 Å². The highest BCUT2D eigenvalue weighted by Gasteiger charge is 2.11. The van der Waals surface area contributed by atoms with Gasteiger partial charge in [0.05, 0.1) is 33.2 Å². The fraction of sp³-hybridized carbons (Fsp3) is 0.150. The van der Waals surface area contributed by atoms with Gasteiger partial charge >= 0.3 is 0 Å². The predicted octanol–water partition coefficient (Wildman–Crippen LogP) is 5.08. The summed E-state index contributed by atoms with van der Waals surface area (Å²) in [5.74, 6) is 0.613. The average Bonchev–Trinajstić information content (AvgIpc) is 3.28. The summed E-state index contributed by atoms with van der Waals surface area (Å²) in [5.41, 5.74) is 4.02. The molecule has 0 bridgehead atoms. The zero-order valence-electron chi connectivity index (χ0n) is 14.6. The maximum atomic E-state index is 12.3. The second-order valence-corrected chi connectivity index (χ2v) is 7.46. The number of thiazole rings is 1. The van der Waals surface area contributed by atoms with Gasteiger partial charge < -0.3 is 10.3 Å². The second-order valence-electron chi connectivity index (χ2n) is 6.11. The van der Waals surface area contributed by atoms with Crippen molar-refractivity contribution in [2.45, 2.75) is 19.8 Å². The fourth-order valence-electron chi connectivity index (χ4n) is 2.83. The number of fused-ring (bicyclic) bond motifs is 1. The molecule has 5 nitrogen and oxygen atoms in total. The van der Waals surface area contributed by atoms with Gasteiger partial charge in [-0.25, -0.2) is 9.97 Å². The zero-order valence-corrected chi connectivity index (χ0v) is 16.2. The minimum absolute atomic E-state index is 0.0897. The molecule has 0 unspecified atom stereocenters. The van der Waals surface area contributed by atoms with Gasteiger partial charge in [-0.3, -0.25) is 4.79 Å². The van der Waals surface area contributed by atoms with Crippen molar-refractivity contribution in [1.82, 2.24) is 15.0 Å². The van der Waals surface area contributed by atoms with Gasteiger partial charge in [0.2, 0.25) is 5.91 Å². The molecular weight excluding hydrogens is 380 g/mol. The van der Waals surface area contributed by atoms with Gasteiger partial charge in [0.15, 0.2) is 0 Å². The Labute approximate surface area is 165 Å². The molecule has 0 aliphatic rings. The van der Waals surface area contributed by atoms with Crippen LogP contribution in [-0.2, 0) is 17.6 Å². The first-order valence-corrected chi connectivity index (χ1v) is 9.86. The molecule has 0 aliphatic heterocycles. The lowest BCUT2D eigenvalue weighted by Gasteiger charge is -2.03. The SMILES string of the molecule is CCc1nc(CC(=O)Nc2ccc3nc(-c4ccccc4Cl)[nH]c3c2)cs1. The first-order valence-electron chi connectivity index (χ1n) is 8.60. The number of rotatable bonds is 5. The van der Waals surface area contributed by atoms with E-state index in [1.807, 2.05) is 47.8 Å². The molecule has 1 amide bonds. The Bertz CT molecular complexity index is 1120. The number of nitrogens with one attached hydrogen (secondary N) is 2. The number of anilines is 1. The van der Waals surface area contributed by atoms with Crippen molar-refractivity contribution in [3.8, 4) is 11.4 Å². The number of aryl methyl sites for hydroxylation is 1. The van der Waals surface area contributed by atoms with Gasteiger partial charge in [0.1, 0.15) is 5.82 Å². The molecule has 0 aliphatic carbocycles. The summed E-state index contributed by atoms with van der Waals surface area (Å²) < 4.78 is 0. The van der Waals surface area contributed by atoms with Crippen molar-refractivity contribution in [2.24, 2.45) is 0 Å². The lowest BCUT2D eigenvalue weighted by Crippen LogP contribution is -2.14. The Morgan fingerprint density at radius 2 is 2.07 bits per heavy atom. The van der Waals surface area contributed by atoms with Gasteiger partial charge in [-0.1, -0.05) is 30.7 Å². The normalized spacial score (nSPS) is 11.0. The highest BCUT2D eigenvalue weighted by molar-refractivity contribution is 7.09. The zero-order chi connectivity index (χ0) is 18.8. The minimum atomic E-state index is -0.0897. The molecule has 0 atom stereocenters. The average molecular weight is 397 g/mol. The number of benzene rings is 2. The largest absolute Gasteiger partial charge is 0.338 e. The van der Waals surface area contributed by atoms with Crippen LogP contribution in [0.25, 0.3) is 22.4 Å². The third-order valence-electron chi connectivity index (χ3n) is 4.14. The summed E-state index contributed by atoms with van der Waals surface area (Å²) in [4.78, 5) is 24.6. The van der Waals surface area contributed by atoms with E-state index in [1.54, 1.807) is 11.3 Å². The molecule has 2 aromatic heterocycles. The molecular formula is C20H17ClN4OS. The summed E-state index contributed by atoms with van der Waals surface area (Å²) in [6.45, 7) is 2.05. The van der Waals surface area contributed by atoms with E-state index in [0.717, 1.165) is 33.7 Å². The Hall–Kier alpha value is -2.70. The second kappa shape index (κ2) is 7.50. The smallest absolute Gasteiger partial charge is 0.230 e. The molecule has 0 saturated heterocycles. The van der Waals surface area contributed by atoms with Crippen LogP contribution in [0.3, 0.4) is 0 Å². The third-order valence-corrected chi connectivity index (χ3v) is 5.51. The number of hydrogen-bond donors (Lipinski definition) is 2. The molecule has 4 rings (SSSR count). The van der Waals surface area contributed by atoms with E-state index < -0.39 is 0 Å². The molecule has 4 aromatic rings. The van der Waals surface area contributed by atoms with Crippen LogP contribution >= 0.6 is 22.9 Å². The van der Waals surface area contributed by atoms with E-state index in [0.29, 0.717) is 16.5 Å². The molecule has 0 fully saturated rings. The van der Waals surface area contributed by atoms with E-state index in [-0.39, 0.29) is 12.3 Å². The van der Waals surface area contributed by atoms with Crippen LogP contribution in [0.5, 0.6) is 0 Å². The molecule has 0 radical (unpaired) electrons. The Morgan fingerprint density at radius 1 is 1.22 bits per heavy atom. The third kappa shape index (κ3) is 3.86. The predicted molar refractivity (Wildman–Crippen MR) is 110 cm³/mol. The van der Waals surface area contributed by atoms with Crippen LogP contribution in [-0.4, -0.2) is 20.9 Å². The van der Waals surface area contributed by atoms with Crippen molar-refractivity contribution in [1.29, 1.82) is 0 Å². The molecule has 27 heavy (non-hydrogen) atoms. The minimum Gasteiger partial charge on any atom is -0.338 e. The van der Waals surface area contributed by atoms with Gasteiger partial charge in [-0.15, -0.1) is 11.3 Å². The number of hydrogen-bond acceptors (Lipinski definition) is 4. The maximum Gasteiger partial charge on any atom is 0.230 e. The lowest BCUT2D eigenvalue weighted by atomic mass is 10.2. The molecule has 2 N–H and O–H groups in total. The molecule has 136 valence electrons. The molecule has 2 aromatic carbocycles. The Balaban J connectivity index is 1.53. The van der Waals surface area contributed by atoms with Crippen molar-refractivity contribution in [2.75, 3.05) is 5.32 Å². The number of amides is 1. The van der Waals surface area contributed by atoms with Crippen molar-refractivity contribution in [3.63, 3.8) is 0 Å².